The van der Waals surface area contributed by atoms with Gasteiger partial charge in [-0.05, 0) is 57.3 Å². The minimum atomic E-state index is -0.599. The molecular weight excluding hydrogens is 342 g/mol. The molecule has 0 aromatic heterocycles. The van der Waals surface area contributed by atoms with Gasteiger partial charge in [-0.25, -0.2) is 4.90 Å². The normalized spacial score (nSPS) is 68.7. The topological polar surface area (TPSA) is 62.2 Å². The highest BCUT2D eigenvalue weighted by Crippen LogP contribution is 2.79. The molecule has 27 heavy (non-hydrogen) atoms. The van der Waals surface area contributed by atoms with Crippen molar-refractivity contribution in [2.24, 2.45) is 34.0 Å². The number of piperidine rings is 1. The predicted octanol–water partition coefficient (Wildman–Crippen LogP) is 2.11. The highest BCUT2D eigenvalue weighted by Gasteiger charge is 2.82. The van der Waals surface area contributed by atoms with Crippen LogP contribution in [-0.2, 0) is 9.47 Å². The third-order valence-corrected chi connectivity index (χ3v) is 10.7. The van der Waals surface area contributed by atoms with Gasteiger partial charge in [0.05, 0.1) is 24.4 Å². The number of rotatable bonds is 0. The van der Waals surface area contributed by atoms with E-state index in [0.29, 0.717) is 11.8 Å². The number of aliphatic hydroxyl groups excluding tert-OH is 1. The van der Waals surface area contributed by atoms with Crippen LogP contribution in [0.25, 0.3) is 0 Å². The molecule has 0 aromatic rings. The predicted molar refractivity (Wildman–Crippen MR) is 97.5 cm³/mol. The molecule has 5 aliphatic carbocycles. The van der Waals surface area contributed by atoms with Crippen LogP contribution in [0, 0.1) is 34.0 Å². The van der Waals surface area contributed by atoms with Gasteiger partial charge in [-0.1, -0.05) is 13.3 Å². The van der Waals surface area contributed by atoms with Crippen molar-refractivity contribution in [1.82, 2.24) is 4.90 Å². The van der Waals surface area contributed by atoms with E-state index in [4.69, 9.17) is 9.47 Å². The second-order valence-electron chi connectivity index (χ2n) is 11.6. The zero-order chi connectivity index (χ0) is 18.4. The van der Waals surface area contributed by atoms with E-state index >= 15 is 0 Å². The lowest BCUT2D eigenvalue weighted by Crippen LogP contribution is -2.86. The smallest absolute Gasteiger partial charge is 0.119 e. The Morgan fingerprint density at radius 2 is 1.96 bits per heavy atom. The van der Waals surface area contributed by atoms with Crippen LogP contribution in [0.15, 0.2) is 0 Å². The van der Waals surface area contributed by atoms with E-state index in [-0.39, 0.29) is 40.7 Å². The molecule has 4 heterocycles. The van der Waals surface area contributed by atoms with Crippen molar-refractivity contribution in [2.75, 3.05) is 13.2 Å². The molecule has 9 aliphatic rings. The molecule has 5 heteroatoms. The number of hydrogen-bond acceptors (Lipinski definition) is 5. The van der Waals surface area contributed by atoms with Crippen LogP contribution < -0.4 is 0 Å². The maximum atomic E-state index is 11.7. The quantitative estimate of drug-likeness (QED) is 0.679. The largest absolute Gasteiger partial charge is 0.390 e. The summed E-state index contributed by atoms with van der Waals surface area (Å²) in [5.74, 6) is 1.28. The van der Waals surface area contributed by atoms with Crippen molar-refractivity contribution < 1.29 is 19.7 Å². The van der Waals surface area contributed by atoms with Gasteiger partial charge in [0.25, 0.3) is 0 Å². The summed E-state index contributed by atoms with van der Waals surface area (Å²) in [6.45, 7) is 6.18. The Hall–Kier alpha value is -0.200. The minimum Gasteiger partial charge on any atom is -0.390 e. The van der Waals surface area contributed by atoms with Crippen LogP contribution in [0.1, 0.15) is 58.8 Å². The van der Waals surface area contributed by atoms with Gasteiger partial charge in [0, 0.05) is 28.7 Å². The molecule has 5 saturated carbocycles. The molecule has 150 valence electrons. The van der Waals surface area contributed by atoms with Gasteiger partial charge >= 0.3 is 0 Å². The molecule has 0 amide bonds. The summed E-state index contributed by atoms with van der Waals surface area (Å²) in [7, 11) is 0. The zero-order valence-electron chi connectivity index (χ0n) is 16.6. The molecule has 5 nitrogen and oxygen atoms in total. The standard InChI is InChI=1S/C22H33NO4/c1-19-5-3-6-22-13-10-12-4-7-21(13,11-20(12,2)25)16(14(24)15(19)22)27-18(22)23-8-9-26-17(19)23/h12-18,24-25H,3-11H2,1-2H3/t12?,13?,14-,15?,16?,17?,18?,19-,20-,21?,22?/m0/s1. The molecule has 2 spiro atoms. The van der Waals surface area contributed by atoms with Gasteiger partial charge in [0.15, 0.2) is 0 Å². The summed E-state index contributed by atoms with van der Waals surface area (Å²) in [4.78, 5) is 2.53. The Labute approximate surface area is 161 Å². The Kier molecular flexibility index (Phi) is 2.82. The van der Waals surface area contributed by atoms with Gasteiger partial charge < -0.3 is 19.7 Å². The first-order valence-corrected chi connectivity index (χ1v) is 11.3. The first kappa shape index (κ1) is 16.6. The van der Waals surface area contributed by atoms with Gasteiger partial charge in [0.2, 0.25) is 0 Å². The lowest BCUT2D eigenvalue weighted by Gasteiger charge is -2.81. The fraction of sp³-hybridized carbons (Fsp3) is 1.00. The molecule has 0 aromatic carbocycles. The zero-order valence-corrected chi connectivity index (χ0v) is 16.6. The lowest BCUT2D eigenvalue weighted by molar-refractivity contribution is -0.448. The molecule has 11 atom stereocenters. The number of fused-ring (bicyclic) bond motifs is 4. The minimum absolute atomic E-state index is 0.0213. The second-order valence-corrected chi connectivity index (χ2v) is 11.6. The van der Waals surface area contributed by atoms with Crippen molar-refractivity contribution in [3.05, 3.63) is 0 Å². The van der Waals surface area contributed by atoms with E-state index in [1.807, 2.05) is 6.92 Å². The molecule has 9 fully saturated rings. The Morgan fingerprint density at radius 1 is 1.11 bits per heavy atom. The number of aliphatic hydroxyl groups is 2. The molecule has 8 unspecified atom stereocenters. The van der Waals surface area contributed by atoms with Gasteiger partial charge in [0.1, 0.15) is 12.5 Å². The maximum absolute atomic E-state index is 11.7. The fourth-order valence-electron chi connectivity index (χ4n) is 10.2. The number of hydrogen-bond donors (Lipinski definition) is 2. The third-order valence-electron chi connectivity index (χ3n) is 10.7. The number of ether oxygens (including phenoxy) is 2. The Balaban J connectivity index is 1.45. The highest BCUT2D eigenvalue weighted by atomic mass is 16.6. The van der Waals surface area contributed by atoms with Crippen molar-refractivity contribution in [2.45, 2.75) is 89.1 Å². The van der Waals surface area contributed by atoms with Crippen LogP contribution in [0.2, 0.25) is 0 Å². The SMILES string of the molecule is C[C@]12CCCC34C(OC([C@@H](O)C31)C13CCC(CC14)[C@@](C)(O)C3)N1CCOC12. The van der Waals surface area contributed by atoms with E-state index < -0.39 is 11.7 Å². The van der Waals surface area contributed by atoms with E-state index in [2.05, 4.69) is 11.8 Å². The van der Waals surface area contributed by atoms with E-state index in [1.54, 1.807) is 0 Å². The van der Waals surface area contributed by atoms with Crippen LogP contribution >= 0.6 is 0 Å². The fourth-order valence-corrected chi connectivity index (χ4v) is 10.2. The van der Waals surface area contributed by atoms with Gasteiger partial charge in [-0.3, -0.25) is 0 Å². The Bertz CT molecular complexity index is 712. The average molecular weight is 376 g/mol. The summed E-state index contributed by atoms with van der Waals surface area (Å²) in [5, 5.41) is 22.9. The van der Waals surface area contributed by atoms with Crippen molar-refractivity contribution in [1.29, 1.82) is 0 Å². The molecule has 4 saturated heterocycles. The summed E-state index contributed by atoms with van der Waals surface area (Å²) < 4.78 is 13.1. The summed E-state index contributed by atoms with van der Waals surface area (Å²) in [6, 6.07) is 0. The van der Waals surface area contributed by atoms with Crippen LogP contribution in [-0.4, -0.2) is 58.5 Å². The monoisotopic (exact) mass is 375 g/mol. The molecule has 2 N–H and O–H groups in total. The molecule has 4 aliphatic heterocycles. The van der Waals surface area contributed by atoms with Crippen LogP contribution in [0.4, 0.5) is 0 Å². The van der Waals surface area contributed by atoms with Crippen LogP contribution in [0.5, 0.6) is 0 Å². The van der Waals surface area contributed by atoms with Gasteiger partial charge in [-0.15, -0.1) is 0 Å². The van der Waals surface area contributed by atoms with Crippen LogP contribution in [0.3, 0.4) is 0 Å². The summed E-state index contributed by atoms with van der Waals surface area (Å²) in [6.07, 6.45) is 7.37. The van der Waals surface area contributed by atoms with Crippen molar-refractivity contribution in [3.8, 4) is 0 Å². The Morgan fingerprint density at radius 3 is 2.78 bits per heavy atom. The molecule has 7 bridgehead atoms. The molecule has 0 radical (unpaired) electrons. The molecular formula is C22H33NO4. The van der Waals surface area contributed by atoms with Crippen molar-refractivity contribution >= 4 is 0 Å². The van der Waals surface area contributed by atoms with E-state index in [9.17, 15) is 10.2 Å². The average Bonchev–Trinajstić information content (AvgIpc) is 3.10. The summed E-state index contributed by atoms with van der Waals surface area (Å²) >= 11 is 0. The first-order chi connectivity index (χ1) is 12.8. The van der Waals surface area contributed by atoms with Crippen molar-refractivity contribution in [3.63, 3.8) is 0 Å². The maximum Gasteiger partial charge on any atom is 0.119 e. The van der Waals surface area contributed by atoms with E-state index in [1.165, 1.54) is 12.8 Å². The molecule has 9 rings (SSSR count). The first-order valence-electron chi connectivity index (χ1n) is 11.3. The second kappa shape index (κ2) is 4.59. The highest BCUT2D eigenvalue weighted by molar-refractivity contribution is 5.28. The number of nitrogens with zero attached hydrogens (tertiary/aromatic N) is 1. The van der Waals surface area contributed by atoms with E-state index in [0.717, 1.165) is 45.3 Å². The van der Waals surface area contributed by atoms with Gasteiger partial charge in [-0.2, -0.15) is 0 Å². The summed E-state index contributed by atoms with van der Waals surface area (Å²) in [5.41, 5.74) is -0.567. The lowest BCUT2D eigenvalue weighted by atomic mass is 9.31. The third kappa shape index (κ3) is 1.53.